The first-order valence-electron chi connectivity index (χ1n) is 7.73. The van der Waals surface area contributed by atoms with Crippen molar-refractivity contribution < 1.29 is 19.0 Å². The van der Waals surface area contributed by atoms with Crippen LogP contribution in [-0.4, -0.2) is 30.1 Å². The van der Waals surface area contributed by atoms with Crippen molar-refractivity contribution in [3.63, 3.8) is 0 Å². The van der Waals surface area contributed by atoms with Crippen LogP contribution in [0.25, 0.3) is 0 Å². The van der Waals surface area contributed by atoms with Crippen molar-refractivity contribution >= 4 is 5.97 Å². The van der Waals surface area contributed by atoms with E-state index in [0.29, 0.717) is 6.61 Å². The minimum Gasteiger partial charge on any atom is -0.460 e. The first kappa shape index (κ1) is 15.8. The van der Waals surface area contributed by atoms with Gasteiger partial charge in [-0.05, 0) is 47.0 Å². The number of hydrogen-bond acceptors (Lipinski definition) is 4. The molecular weight excluding hydrogens is 256 g/mol. The smallest absolute Gasteiger partial charge is 0.312 e. The van der Waals surface area contributed by atoms with Gasteiger partial charge in [0, 0.05) is 12.8 Å². The van der Waals surface area contributed by atoms with Crippen LogP contribution in [0, 0.1) is 5.41 Å². The summed E-state index contributed by atoms with van der Waals surface area (Å²) in [6, 6.07) is 0. The van der Waals surface area contributed by atoms with Gasteiger partial charge < -0.3 is 14.2 Å². The fraction of sp³-hybridized carbons (Fsp3) is 0.938. The van der Waals surface area contributed by atoms with Crippen LogP contribution >= 0.6 is 0 Å². The highest BCUT2D eigenvalue weighted by Crippen LogP contribution is 2.46. The van der Waals surface area contributed by atoms with E-state index in [4.69, 9.17) is 14.2 Å². The van der Waals surface area contributed by atoms with Gasteiger partial charge in [0.05, 0.1) is 18.1 Å². The van der Waals surface area contributed by atoms with Crippen molar-refractivity contribution in [3.05, 3.63) is 0 Å². The Balaban J connectivity index is 1.95. The number of esters is 1. The van der Waals surface area contributed by atoms with E-state index in [0.717, 1.165) is 32.1 Å². The Bertz CT molecular complexity index is 361. The summed E-state index contributed by atoms with van der Waals surface area (Å²) in [7, 11) is 0. The lowest BCUT2D eigenvalue weighted by atomic mass is 9.73. The summed E-state index contributed by atoms with van der Waals surface area (Å²) in [6.07, 6.45) is 4.26. The molecule has 1 atom stereocenters. The lowest BCUT2D eigenvalue weighted by Gasteiger charge is -2.41. The van der Waals surface area contributed by atoms with Crippen LogP contribution in [0.2, 0.25) is 0 Å². The fourth-order valence-corrected chi connectivity index (χ4v) is 2.87. The van der Waals surface area contributed by atoms with Gasteiger partial charge in [-0.3, -0.25) is 4.79 Å². The van der Waals surface area contributed by atoms with E-state index in [1.165, 1.54) is 0 Å². The van der Waals surface area contributed by atoms with E-state index in [2.05, 4.69) is 6.92 Å². The normalized spacial score (nSPS) is 38.1. The lowest BCUT2D eigenvalue weighted by molar-refractivity contribution is -0.208. The molecule has 0 aromatic carbocycles. The van der Waals surface area contributed by atoms with E-state index < -0.39 is 16.8 Å². The molecule has 1 saturated heterocycles. The standard InChI is InChI=1S/C16H28O4/c1-6-12-11-18-16(19-12)9-7-15(5,8-10-16)13(17)20-14(2,3)4/h12H,6-11H2,1-5H3. The Labute approximate surface area is 122 Å². The average molecular weight is 284 g/mol. The maximum Gasteiger partial charge on any atom is 0.312 e. The minimum atomic E-state index is -0.442. The molecule has 2 fully saturated rings. The van der Waals surface area contributed by atoms with E-state index in [9.17, 15) is 4.79 Å². The molecule has 1 spiro atoms. The number of ether oxygens (including phenoxy) is 3. The molecular formula is C16H28O4. The third-order valence-corrected chi connectivity index (χ3v) is 4.38. The van der Waals surface area contributed by atoms with E-state index in [1.54, 1.807) is 0 Å². The molecule has 1 saturated carbocycles. The zero-order valence-electron chi connectivity index (χ0n) is 13.5. The quantitative estimate of drug-likeness (QED) is 0.729. The summed E-state index contributed by atoms with van der Waals surface area (Å²) < 4.78 is 17.5. The summed E-state index contributed by atoms with van der Waals surface area (Å²) in [6.45, 7) is 10.5. The monoisotopic (exact) mass is 284 g/mol. The molecule has 4 heteroatoms. The minimum absolute atomic E-state index is 0.0927. The van der Waals surface area contributed by atoms with E-state index in [1.807, 2.05) is 27.7 Å². The van der Waals surface area contributed by atoms with Gasteiger partial charge in [-0.15, -0.1) is 0 Å². The zero-order valence-corrected chi connectivity index (χ0v) is 13.5. The van der Waals surface area contributed by atoms with Crippen molar-refractivity contribution in [2.45, 2.75) is 84.2 Å². The topological polar surface area (TPSA) is 44.8 Å². The predicted octanol–water partition coefficient (Wildman–Crippen LogP) is 3.43. The molecule has 1 heterocycles. The number of hydrogen-bond donors (Lipinski definition) is 0. The summed E-state index contributed by atoms with van der Waals surface area (Å²) in [5.41, 5.74) is -0.835. The molecule has 1 aliphatic carbocycles. The van der Waals surface area contributed by atoms with Crippen molar-refractivity contribution in [1.29, 1.82) is 0 Å². The second-order valence-corrected chi connectivity index (χ2v) is 7.43. The molecule has 1 unspecified atom stereocenters. The molecule has 116 valence electrons. The number of carbonyl (C=O) groups excluding carboxylic acids is 1. The molecule has 1 aliphatic heterocycles. The summed E-state index contributed by atoms with van der Waals surface area (Å²) >= 11 is 0. The number of rotatable bonds is 2. The van der Waals surface area contributed by atoms with Gasteiger partial charge in [-0.2, -0.15) is 0 Å². The van der Waals surface area contributed by atoms with Crippen molar-refractivity contribution in [2.75, 3.05) is 6.61 Å². The van der Waals surface area contributed by atoms with Crippen LogP contribution in [0.5, 0.6) is 0 Å². The summed E-state index contributed by atoms with van der Waals surface area (Å²) in [5.74, 6) is -0.535. The van der Waals surface area contributed by atoms with Gasteiger partial charge in [0.15, 0.2) is 5.79 Å². The largest absolute Gasteiger partial charge is 0.460 e. The molecule has 0 N–H and O–H groups in total. The maximum absolute atomic E-state index is 12.4. The highest BCUT2D eigenvalue weighted by atomic mass is 16.7. The molecule has 0 aromatic rings. The van der Waals surface area contributed by atoms with E-state index in [-0.39, 0.29) is 12.1 Å². The van der Waals surface area contributed by atoms with Gasteiger partial charge in [0.1, 0.15) is 5.60 Å². The molecule has 2 aliphatic rings. The molecule has 0 amide bonds. The molecule has 20 heavy (non-hydrogen) atoms. The fourth-order valence-electron chi connectivity index (χ4n) is 2.87. The maximum atomic E-state index is 12.4. The van der Waals surface area contributed by atoms with Gasteiger partial charge in [-0.25, -0.2) is 0 Å². The second kappa shape index (κ2) is 5.30. The van der Waals surface area contributed by atoms with Gasteiger partial charge in [0.2, 0.25) is 0 Å². The third-order valence-electron chi connectivity index (χ3n) is 4.38. The first-order chi connectivity index (χ1) is 9.18. The van der Waals surface area contributed by atoms with Gasteiger partial charge >= 0.3 is 5.97 Å². The van der Waals surface area contributed by atoms with Crippen LogP contribution in [0.4, 0.5) is 0 Å². The third kappa shape index (κ3) is 3.34. The molecule has 0 radical (unpaired) electrons. The Morgan fingerprint density at radius 1 is 1.25 bits per heavy atom. The molecule has 0 bridgehead atoms. The first-order valence-corrected chi connectivity index (χ1v) is 7.73. The highest BCUT2D eigenvalue weighted by Gasteiger charge is 2.50. The van der Waals surface area contributed by atoms with Crippen molar-refractivity contribution in [3.8, 4) is 0 Å². The lowest BCUT2D eigenvalue weighted by Crippen LogP contribution is -2.44. The van der Waals surface area contributed by atoms with Gasteiger partial charge in [0.25, 0.3) is 0 Å². The van der Waals surface area contributed by atoms with E-state index >= 15 is 0 Å². The summed E-state index contributed by atoms with van der Waals surface area (Å²) in [5, 5.41) is 0. The molecule has 4 nitrogen and oxygen atoms in total. The predicted molar refractivity (Wildman–Crippen MR) is 76.3 cm³/mol. The Morgan fingerprint density at radius 2 is 1.85 bits per heavy atom. The van der Waals surface area contributed by atoms with Crippen LogP contribution in [-0.2, 0) is 19.0 Å². The SMILES string of the molecule is CCC1COC2(CCC(C)(C(=O)OC(C)(C)C)CC2)O1. The zero-order chi connectivity index (χ0) is 15.0. The molecule has 0 aromatic heterocycles. The Hall–Kier alpha value is -0.610. The van der Waals surface area contributed by atoms with Crippen LogP contribution in [0.1, 0.15) is 66.7 Å². The second-order valence-electron chi connectivity index (χ2n) is 7.43. The van der Waals surface area contributed by atoms with Crippen LogP contribution < -0.4 is 0 Å². The van der Waals surface area contributed by atoms with Crippen LogP contribution in [0.3, 0.4) is 0 Å². The average Bonchev–Trinajstić information content (AvgIpc) is 2.75. The summed E-state index contributed by atoms with van der Waals surface area (Å²) in [4.78, 5) is 12.4. The van der Waals surface area contributed by atoms with Gasteiger partial charge in [-0.1, -0.05) is 6.92 Å². The number of carbonyl (C=O) groups is 1. The molecule has 2 rings (SSSR count). The van der Waals surface area contributed by atoms with Crippen molar-refractivity contribution in [2.24, 2.45) is 5.41 Å². The van der Waals surface area contributed by atoms with Crippen LogP contribution in [0.15, 0.2) is 0 Å². The highest BCUT2D eigenvalue weighted by molar-refractivity contribution is 5.77. The Morgan fingerprint density at radius 3 is 2.30 bits per heavy atom. The Kier molecular flexibility index (Phi) is 4.18. The van der Waals surface area contributed by atoms with Crippen molar-refractivity contribution in [1.82, 2.24) is 0 Å².